The van der Waals surface area contributed by atoms with Gasteiger partial charge in [0.1, 0.15) is 12.7 Å². The number of piperidine rings is 1. The molecule has 10 heteroatoms. The molecule has 0 unspecified atom stereocenters. The number of sulfonamides is 1. The number of rotatable bonds is 5. The first-order chi connectivity index (χ1) is 17.0. The molecular formula is C25H25N3O6S. The van der Waals surface area contributed by atoms with E-state index in [1.54, 1.807) is 12.3 Å². The predicted octanol–water partition coefficient (Wildman–Crippen LogP) is 3.12. The molecule has 0 aliphatic carbocycles. The number of aromatic nitrogens is 1. The molecule has 5 rings (SSSR count). The molecule has 0 bridgehead atoms. The van der Waals surface area contributed by atoms with Crippen LogP contribution >= 0.6 is 0 Å². The fourth-order valence-corrected chi connectivity index (χ4v) is 5.95. The van der Waals surface area contributed by atoms with Gasteiger partial charge >= 0.3 is 5.97 Å². The molecule has 0 amide bonds. The van der Waals surface area contributed by atoms with Crippen LogP contribution in [0.2, 0.25) is 0 Å². The second-order valence-corrected chi connectivity index (χ2v) is 10.5. The van der Waals surface area contributed by atoms with Crippen molar-refractivity contribution >= 4 is 21.5 Å². The van der Waals surface area contributed by atoms with Crippen molar-refractivity contribution in [1.29, 1.82) is 5.26 Å². The molecule has 3 aromatic rings. The Morgan fingerprint density at radius 1 is 1.11 bits per heavy atom. The summed E-state index contributed by atoms with van der Waals surface area (Å²) in [6.45, 7) is 1.44. The molecule has 9 nitrogen and oxygen atoms in total. The quantitative estimate of drug-likeness (QED) is 0.500. The molecule has 2 aliphatic heterocycles. The van der Waals surface area contributed by atoms with Crippen molar-refractivity contribution in [2.45, 2.75) is 30.8 Å². The fraction of sp³-hybridized carbons (Fsp3) is 0.360. The highest BCUT2D eigenvalue weighted by molar-refractivity contribution is 7.89. The van der Waals surface area contributed by atoms with Crippen LogP contribution < -0.4 is 9.47 Å². The number of ether oxygens (including phenoxy) is 3. The number of esters is 1. The monoisotopic (exact) mass is 495 g/mol. The maximum atomic E-state index is 13.2. The summed E-state index contributed by atoms with van der Waals surface area (Å²) in [4.78, 5) is 12.8. The van der Waals surface area contributed by atoms with Gasteiger partial charge in [0.2, 0.25) is 10.0 Å². The molecule has 0 atom stereocenters. The van der Waals surface area contributed by atoms with Crippen LogP contribution in [0.1, 0.15) is 30.4 Å². The standard InChI is InChI=1S/C25H25N3O6S/c26-15-21-19(16-27-9-2-1-4-22(21)27)17-34-25(29)18-7-10-28(11-8-18)35(30,31)20-5-6-23-24(14-20)33-13-3-12-32-23/h1-2,4-6,9,14,16,18H,3,7-8,10-13,17H2. The molecule has 2 aliphatic rings. The molecule has 1 saturated heterocycles. The average Bonchev–Trinajstić information content (AvgIpc) is 3.07. The molecule has 4 heterocycles. The Labute approximate surface area is 203 Å². The van der Waals surface area contributed by atoms with Crippen molar-refractivity contribution in [3.05, 3.63) is 59.9 Å². The number of carbonyl (C=O) groups excluding carboxylic acids is 1. The molecule has 2 aromatic heterocycles. The zero-order chi connectivity index (χ0) is 24.4. The van der Waals surface area contributed by atoms with Gasteiger partial charge in [-0.3, -0.25) is 4.79 Å². The highest BCUT2D eigenvalue weighted by atomic mass is 32.2. The van der Waals surface area contributed by atoms with E-state index in [1.807, 2.05) is 28.8 Å². The van der Waals surface area contributed by atoms with E-state index in [0.29, 0.717) is 48.7 Å². The van der Waals surface area contributed by atoms with Crippen molar-refractivity contribution in [3.8, 4) is 17.6 Å². The van der Waals surface area contributed by atoms with E-state index < -0.39 is 15.9 Å². The predicted molar refractivity (Wildman–Crippen MR) is 125 cm³/mol. The third-order valence-corrected chi connectivity index (χ3v) is 8.28. The van der Waals surface area contributed by atoms with Crippen LogP contribution in [0.5, 0.6) is 11.5 Å². The normalized spacial score (nSPS) is 17.0. The number of carbonyl (C=O) groups is 1. The number of hydrogen-bond acceptors (Lipinski definition) is 7. The van der Waals surface area contributed by atoms with Crippen molar-refractivity contribution in [3.63, 3.8) is 0 Å². The first kappa shape index (κ1) is 23.2. The van der Waals surface area contributed by atoms with Gasteiger partial charge < -0.3 is 18.6 Å². The second kappa shape index (κ2) is 9.60. The Morgan fingerprint density at radius 2 is 1.89 bits per heavy atom. The summed E-state index contributed by atoms with van der Waals surface area (Å²) in [6.07, 6.45) is 5.09. The molecule has 35 heavy (non-hydrogen) atoms. The van der Waals surface area contributed by atoms with Crippen LogP contribution in [0, 0.1) is 17.2 Å². The number of benzene rings is 1. The van der Waals surface area contributed by atoms with Gasteiger partial charge in [-0.05, 0) is 37.1 Å². The van der Waals surface area contributed by atoms with Crippen LogP contribution in [0.4, 0.5) is 0 Å². The van der Waals surface area contributed by atoms with Crippen LogP contribution in [0.15, 0.2) is 53.7 Å². The molecule has 0 spiro atoms. The highest BCUT2D eigenvalue weighted by Gasteiger charge is 2.33. The summed E-state index contributed by atoms with van der Waals surface area (Å²) >= 11 is 0. The first-order valence-electron chi connectivity index (χ1n) is 11.5. The van der Waals surface area contributed by atoms with Crippen molar-refractivity contribution in [2.24, 2.45) is 5.92 Å². The molecule has 182 valence electrons. The van der Waals surface area contributed by atoms with Crippen LogP contribution in [-0.2, 0) is 26.2 Å². The Kier molecular flexibility index (Phi) is 6.36. The summed E-state index contributed by atoms with van der Waals surface area (Å²) in [5, 5.41) is 9.52. The Morgan fingerprint density at radius 3 is 2.66 bits per heavy atom. The van der Waals surface area contributed by atoms with Crippen LogP contribution in [0.25, 0.3) is 5.52 Å². The minimum absolute atomic E-state index is 0.000877. The van der Waals surface area contributed by atoms with E-state index >= 15 is 0 Å². The lowest BCUT2D eigenvalue weighted by Crippen LogP contribution is -2.40. The Bertz CT molecular complexity index is 1400. The fourth-order valence-electron chi connectivity index (χ4n) is 4.47. The summed E-state index contributed by atoms with van der Waals surface area (Å²) in [5.74, 6) is 0.195. The van der Waals surface area contributed by atoms with Gasteiger partial charge in [0.25, 0.3) is 0 Å². The summed E-state index contributed by atoms with van der Waals surface area (Å²) in [7, 11) is -3.73. The lowest BCUT2D eigenvalue weighted by Gasteiger charge is -2.30. The number of nitrogens with zero attached hydrogens (tertiary/aromatic N) is 3. The van der Waals surface area contributed by atoms with Crippen molar-refractivity contribution in [1.82, 2.24) is 8.71 Å². The van der Waals surface area contributed by atoms with Crippen molar-refractivity contribution < 1.29 is 27.4 Å². The van der Waals surface area contributed by atoms with Gasteiger partial charge in [0.15, 0.2) is 11.5 Å². The summed E-state index contributed by atoms with van der Waals surface area (Å²) in [5.41, 5.74) is 1.88. The second-order valence-electron chi connectivity index (χ2n) is 8.58. The topological polar surface area (TPSA) is 110 Å². The average molecular weight is 496 g/mol. The van der Waals surface area contributed by atoms with E-state index in [1.165, 1.54) is 16.4 Å². The maximum absolute atomic E-state index is 13.2. The van der Waals surface area contributed by atoms with Gasteiger partial charge in [-0.25, -0.2) is 8.42 Å². The number of hydrogen-bond donors (Lipinski definition) is 0. The van der Waals surface area contributed by atoms with E-state index in [4.69, 9.17) is 14.2 Å². The number of pyridine rings is 1. The number of nitriles is 1. The Hall–Kier alpha value is -3.55. The molecule has 1 aromatic carbocycles. The van der Waals surface area contributed by atoms with Gasteiger partial charge in [-0.15, -0.1) is 0 Å². The Balaban J connectivity index is 1.21. The maximum Gasteiger partial charge on any atom is 0.309 e. The van der Waals surface area contributed by atoms with Gasteiger partial charge in [-0.1, -0.05) is 6.07 Å². The SMILES string of the molecule is N#Cc1c(COC(=O)C2CCN(S(=O)(=O)c3ccc4c(c3)OCCCO4)CC2)cn2ccccc12. The molecular weight excluding hydrogens is 470 g/mol. The van der Waals surface area contributed by atoms with E-state index in [-0.39, 0.29) is 30.6 Å². The zero-order valence-electron chi connectivity index (χ0n) is 19.1. The van der Waals surface area contributed by atoms with E-state index in [9.17, 15) is 18.5 Å². The van der Waals surface area contributed by atoms with Crippen LogP contribution in [-0.4, -0.2) is 49.4 Å². The van der Waals surface area contributed by atoms with Gasteiger partial charge in [-0.2, -0.15) is 9.57 Å². The van der Waals surface area contributed by atoms with E-state index in [2.05, 4.69) is 6.07 Å². The van der Waals surface area contributed by atoms with Crippen LogP contribution in [0.3, 0.4) is 0 Å². The minimum atomic E-state index is -3.73. The first-order valence-corrected chi connectivity index (χ1v) is 13.0. The van der Waals surface area contributed by atoms with Crippen molar-refractivity contribution in [2.75, 3.05) is 26.3 Å². The van der Waals surface area contributed by atoms with Gasteiger partial charge in [0.05, 0.1) is 35.1 Å². The molecule has 0 N–H and O–H groups in total. The lowest BCUT2D eigenvalue weighted by atomic mass is 9.98. The summed E-state index contributed by atoms with van der Waals surface area (Å²) < 4.78 is 46.3. The number of fused-ring (bicyclic) bond motifs is 2. The largest absolute Gasteiger partial charge is 0.490 e. The smallest absolute Gasteiger partial charge is 0.309 e. The summed E-state index contributed by atoms with van der Waals surface area (Å²) in [6, 6.07) is 12.4. The van der Waals surface area contributed by atoms with E-state index in [0.717, 1.165) is 11.9 Å². The third kappa shape index (κ3) is 4.57. The lowest BCUT2D eigenvalue weighted by molar-refractivity contribution is -0.151. The molecule has 1 fully saturated rings. The zero-order valence-corrected chi connectivity index (χ0v) is 19.9. The minimum Gasteiger partial charge on any atom is -0.490 e. The highest BCUT2D eigenvalue weighted by Crippen LogP contribution is 2.34. The molecule has 0 radical (unpaired) electrons. The third-order valence-electron chi connectivity index (χ3n) is 6.39. The molecule has 0 saturated carbocycles. The van der Waals surface area contributed by atoms with Gasteiger partial charge in [0, 0.05) is 43.5 Å².